The average Bonchev–Trinajstić information content (AvgIpc) is 3.45. The van der Waals surface area contributed by atoms with Gasteiger partial charge in [0.25, 0.3) is 0 Å². The molecule has 11 heteroatoms. The Kier molecular flexibility index (Phi) is 8.59. The summed E-state index contributed by atoms with van der Waals surface area (Å²) in [5, 5.41) is 2.93. The number of hydrogen-bond acceptors (Lipinski definition) is 6. The Balaban J connectivity index is 1.17. The third-order valence-electron chi connectivity index (χ3n) is 9.34. The Morgan fingerprint density at radius 2 is 1.88 bits per heavy atom. The van der Waals surface area contributed by atoms with E-state index in [2.05, 4.69) is 15.2 Å². The maximum absolute atomic E-state index is 13.9. The SMILES string of the molecule is CC[C@]1(C(=O)N2CCc3ncc(C(F)(F)F)cc3C2)CCC(N2CCC(C(=O)Nc3cccc(C(=O)OC)c3)CC2)C1. The minimum absolute atomic E-state index is 0.0269. The van der Waals surface area contributed by atoms with Crippen molar-refractivity contribution in [1.29, 1.82) is 0 Å². The summed E-state index contributed by atoms with van der Waals surface area (Å²) in [6.45, 7) is 4.14. The summed E-state index contributed by atoms with van der Waals surface area (Å²) < 4.78 is 44.5. The number of benzene rings is 1. The van der Waals surface area contributed by atoms with Gasteiger partial charge < -0.3 is 19.9 Å². The zero-order chi connectivity index (χ0) is 30.1. The number of nitrogens with zero attached hydrogens (tertiary/aromatic N) is 3. The van der Waals surface area contributed by atoms with E-state index in [-0.39, 0.29) is 30.3 Å². The van der Waals surface area contributed by atoms with E-state index in [1.54, 1.807) is 29.2 Å². The van der Waals surface area contributed by atoms with Gasteiger partial charge in [-0.25, -0.2) is 4.79 Å². The molecule has 0 spiro atoms. The number of aromatic nitrogens is 1. The number of amides is 2. The summed E-state index contributed by atoms with van der Waals surface area (Å²) in [7, 11) is 1.31. The number of pyridine rings is 1. The van der Waals surface area contributed by atoms with Crippen LogP contribution in [0.1, 0.15) is 72.6 Å². The summed E-state index contributed by atoms with van der Waals surface area (Å²) in [4.78, 5) is 46.8. The van der Waals surface area contributed by atoms with Crippen molar-refractivity contribution in [3.8, 4) is 0 Å². The van der Waals surface area contributed by atoms with Crippen molar-refractivity contribution in [3.63, 3.8) is 0 Å². The summed E-state index contributed by atoms with van der Waals surface area (Å²) in [6, 6.07) is 8.04. The lowest BCUT2D eigenvalue weighted by molar-refractivity contribution is -0.143. The van der Waals surface area contributed by atoms with Crippen LogP contribution in [0, 0.1) is 11.3 Å². The number of likely N-dealkylation sites (tertiary alicyclic amines) is 1. The van der Waals surface area contributed by atoms with Gasteiger partial charge in [0.1, 0.15) is 0 Å². The predicted molar refractivity (Wildman–Crippen MR) is 149 cm³/mol. The molecule has 1 unspecified atom stereocenters. The van der Waals surface area contributed by atoms with E-state index in [9.17, 15) is 27.6 Å². The maximum Gasteiger partial charge on any atom is 0.417 e. The molecule has 42 heavy (non-hydrogen) atoms. The van der Waals surface area contributed by atoms with Gasteiger partial charge >= 0.3 is 12.1 Å². The fourth-order valence-electron chi connectivity index (χ4n) is 6.78. The van der Waals surface area contributed by atoms with Crippen molar-refractivity contribution in [2.75, 3.05) is 32.1 Å². The molecule has 3 aliphatic rings. The van der Waals surface area contributed by atoms with Crippen molar-refractivity contribution in [2.24, 2.45) is 11.3 Å². The first-order chi connectivity index (χ1) is 20.0. The molecule has 0 radical (unpaired) electrons. The normalized spacial score (nSPS) is 23.4. The minimum Gasteiger partial charge on any atom is -0.465 e. The van der Waals surface area contributed by atoms with E-state index in [1.165, 1.54) is 7.11 Å². The maximum atomic E-state index is 13.9. The number of nitrogens with one attached hydrogen (secondary N) is 1. The number of esters is 1. The van der Waals surface area contributed by atoms with Crippen molar-refractivity contribution >= 4 is 23.5 Å². The molecule has 3 heterocycles. The molecule has 1 aromatic carbocycles. The molecule has 1 aromatic heterocycles. The summed E-state index contributed by atoms with van der Waals surface area (Å²) >= 11 is 0. The lowest BCUT2D eigenvalue weighted by atomic mass is 9.80. The van der Waals surface area contributed by atoms with Gasteiger partial charge in [-0.3, -0.25) is 14.6 Å². The molecule has 1 N–H and O–H groups in total. The molecule has 1 saturated carbocycles. The van der Waals surface area contributed by atoms with Crippen LogP contribution in [0.15, 0.2) is 36.5 Å². The number of rotatable bonds is 6. The van der Waals surface area contributed by atoms with Gasteiger partial charge in [-0.15, -0.1) is 0 Å². The second-order valence-corrected chi connectivity index (χ2v) is 11.7. The van der Waals surface area contributed by atoms with E-state index in [0.29, 0.717) is 61.2 Å². The topological polar surface area (TPSA) is 91.8 Å². The Hall–Kier alpha value is -3.47. The van der Waals surface area contributed by atoms with Crippen LogP contribution in [-0.2, 0) is 33.5 Å². The molecule has 8 nitrogen and oxygen atoms in total. The fraction of sp³-hybridized carbons (Fsp3) is 0.548. The van der Waals surface area contributed by atoms with Gasteiger partial charge in [0.2, 0.25) is 11.8 Å². The Labute approximate surface area is 243 Å². The van der Waals surface area contributed by atoms with Gasteiger partial charge in [-0.05, 0) is 81.4 Å². The number of carbonyl (C=O) groups is 3. The van der Waals surface area contributed by atoms with Crippen LogP contribution < -0.4 is 5.32 Å². The van der Waals surface area contributed by atoms with Gasteiger partial charge in [0.05, 0.1) is 23.7 Å². The highest BCUT2D eigenvalue weighted by molar-refractivity contribution is 5.95. The first-order valence-corrected chi connectivity index (χ1v) is 14.6. The number of methoxy groups -OCH3 is 1. The number of fused-ring (bicyclic) bond motifs is 1. The molecule has 226 valence electrons. The van der Waals surface area contributed by atoms with Crippen LogP contribution in [-0.4, -0.2) is 65.4 Å². The minimum atomic E-state index is -4.47. The highest BCUT2D eigenvalue weighted by atomic mass is 19.4. The third kappa shape index (κ3) is 6.16. The van der Waals surface area contributed by atoms with Crippen molar-refractivity contribution in [1.82, 2.24) is 14.8 Å². The molecule has 2 atom stereocenters. The zero-order valence-corrected chi connectivity index (χ0v) is 24.0. The molecule has 1 saturated heterocycles. The van der Waals surface area contributed by atoms with Gasteiger partial charge in [0, 0.05) is 49.0 Å². The van der Waals surface area contributed by atoms with Crippen LogP contribution in [0.2, 0.25) is 0 Å². The number of ether oxygens (including phenoxy) is 1. The molecule has 2 aliphatic heterocycles. The van der Waals surface area contributed by atoms with Crippen LogP contribution in [0.4, 0.5) is 18.9 Å². The molecular formula is C31H37F3N4O4. The predicted octanol–water partition coefficient (Wildman–Crippen LogP) is 5.07. The molecule has 2 aromatic rings. The second-order valence-electron chi connectivity index (χ2n) is 11.7. The number of carbonyl (C=O) groups excluding carboxylic acids is 3. The standard InChI is InChI=1S/C31H37F3N4O4/c1-3-30(29(41)38-14-10-26-22(19-38)15-23(18-35-26)31(32,33)34)11-7-25(17-30)37-12-8-20(9-13-37)27(39)36-24-6-4-5-21(16-24)28(40)42-2/h4-6,15-16,18,20,25H,3,7-14,17,19H2,1-2H3,(H,36,39)/t25?,30-/m0/s1. The number of anilines is 1. The molecule has 5 rings (SSSR count). The van der Waals surface area contributed by atoms with E-state index in [1.807, 2.05) is 6.92 Å². The van der Waals surface area contributed by atoms with E-state index >= 15 is 0 Å². The number of hydrogen-bond donors (Lipinski definition) is 1. The number of halogens is 3. The molecular weight excluding hydrogens is 549 g/mol. The van der Waals surface area contributed by atoms with Crippen molar-refractivity contribution < 1.29 is 32.3 Å². The van der Waals surface area contributed by atoms with Crippen LogP contribution in [0.5, 0.6) is 0 Å². The molecule has 0 bridgehead atoms. The Bertz CT molecular complexity index is 1340. The smallest absolute Gasteiger partial charge is 0.417 e. The van der Waals surface area contributed by atoms with E-state index in [4.69, 9.17) is 4.74 Å². The van der Waals surface area contributed by atoms with Crippen molar-refractivity contribution in [2.45, 2.75) is 70.6 Å². The van der Waals surface area contributed by atoms with Gasteiger partial charge in [-0.1, -0.05) is 13.0 Å². The highest BCUT2D eigenvalue weighted by Gasteiger charge is 2.48. The van der Waals surface area contributed by atoms with Crippen LogP contribution in [0.3, 0.4) is 0 Å². The molecule has 1 aliphatic carbocycles. The lowest BCUT2D eigenvalue weighted by Crippen LogP contribution is -2.47. The van der Waals surface area contributed by atoms with E-state index < -0.39 is 23.1 Å². The second kappa shape index (κ2) is 12.0. The quantitative estimate of drug-likeness (QED) is 0.476. The summed E-state index contributed by atoms with van der Waals surface area (Å²) in [6.07, 6.45) is 1.26. The zero-order valence-electron chi connectivity index (χ0n) is 24.0. The summed E-state index contributed by atoms with van der Waals surface area (Å²) in [5.74, 6) is -0.658. The Morgan fingerprint density at radius 3 is 2.57 bits per heavy atom. The Morgan fingerprint density at radius 1 is 1.12 bits per heavy atom. The molecule has 2 fully saturated rings. The first-order valence-electron chi connectivity index (χ1n) is 14.6. The van der Waals surface area contributed by atoms with Crippen LogP contribution >= 0.6 is 0 Å². The number of piperidine rings is 1. The first kappa shape index (κ1) is 30.0. The highest BCUT2D eigenvalue weighted by Crippen LogP contribution is 2.46. The monoisotopic (exact) mass is 586 g/mol. The lowest BCUT2D eigenvalue weighted by Gasteiger charge is -2.39. The fourth-order valence-corrected chi connectivity index (χ4v) is 6.78. The summed E-state index contributed by atoms with van der Waals surface area (Å²) in [5.41, 5.74) is 0.715. The number of alkyl halides is 3. The van der Waals surface area contributed by atoms with E-state index in [0.717, 1.165) is 38.2 Å². The largest absolute Gasteiger partial charge is 0.465 e. The average molecular weight is 587 g/mol. The molecule has 2 amide bonds. The van der Waals surface area contributed by atoms with Gasteiger partial charge in [0.15, 0.2) is 0 Å². The third-order valence-corrected chi connectivity index (χ3v) is 9.34. The van der Waals surface area contributed by atoms with Gasteiger partial charge in [-0.2, -0.15) is 13.2 Å². The van der Waals surface area contributed by atoms with Crippen molar-refractivity contribution in [3.05, 3.63) is 58.9 Å². The van der Waals surface area contributed by atoms with Crippen LogP contribution in [0.25, 0.3) is 0 Å².